The number of pyridine rings is 1. The van der Waals surface area contributed by atoms with E-state index in [0.29, 0.717) is 18.1 Å². The van der Waals surface area contributed by atoms with E-state index < -0.39 is 0 Å². The van der Waals surface area contributed by atoms with Gasteiger partial charge in [0.25, 0.3) is 5.91 Å². The van der Waals surface area contributed by atoms with Gasteiger partial charge in [-0.05, 0) is 29.7 Å². The number of rotatable bonds is 6. The van der Waals surface area contributed by atoms with Crippen molar-refractivity contribution < 1.29 is 4.79 Å². The van der Waals surface area contributed by atoms with Gasteiger partial charge < -0.3 is 10.6 Å². The van der Waals surface area contributed by atoms with Crippen molar-refractivity contribution in [3.63, 3.8) is 0 Å². The predicted molar refractivity (Wildman–Crippen MR) is 96.5 cm³/mol. The number of para-hydroxylation sites is 1. The summed E-state index contributed by atoms with van der Waals surface area (Å²) < 4.78 is 0. The molecule has 0 saturated heterocycles. The maximum Gasteiger partial charge on any atom is 0.254 e. The fourth-order valence-electron chi connectivity index (χ4n) is 2.37. The third-order valence-electron chi connectivity index (χ3n) is 3.73. The third kappa shape index (κ3) is 4.38. The summed E-state index contributed by atoms with van der Waals surface area (Å²) in [5.41, 5.74) is 3.51. The molecule has 2 heterocycles. The first kappa shape index (κ1) is 16.6. The fourth-order valence-corrected chi connectivity index (χ4v) is 2.37. The van der Waals surface area contributed by atoms with Gasteiger partial charge in [-0.3, -0.25) is 9.78 Å². The van der Waals surface area contributed by atoms with E-state index in [9.17, 15) is 4.79 Å². The van der Waals surface area contributed by atoms with Crippen molar-refractivity contribution in [1.29, 1.82) is 0 Å². The molecule has 0 unspecified atom stereocenters. The molecule has 0 bridgehead atoms. The number of hydrogen-bond donors (Lipinski definition) is 2. The van der Waals surface area contributed by atoms with Crippen LogP contribution in [0.5, 0.6) is 0 Å². The van der Waals surface area contributed by atoms with Crippen LogP contribution in [0.3, 0.4) is 0 Å². The van der Waals surface area contributed by atoms with Crippen molar-refractivity contribution in [2.24, 2.45) is 0 Å². The zero-order valence-electron chi connectivity index (χ0n) is 13.9. The first-order chi connectivity index (χ1) is 12.3. The number of amides is 1. The average molecular weight is 333 g/mol. The van der Waals surface area contributed by atoms with E-state index in [2.05, 4.69) is 38.6 Å². The van der Waals surface area contributed by atoms with Crippen LogP contribution in [0, 0.1) is 0 Å². The standard InChI is InChI=1S/C19H19N5O/c1-2-15-7-3-4-8-17(15)24-19-22-12-16(13-23-19)18(25)21-11-14-6-5-9-20-10-14/h3-10,12-13H,2,11H2,1H3,(H,21,25)(H,22,23,24). The summed E-state index contributed by atoms with van der Waals surface area (Å²) >= 11 is 0. The maximum absolute atomic E-state index is 12.2. The second kappa shape index (κ2) is 8.01. The van der Waals surface area contributed by atoms with Gasteiger partial charge in [0.05, 0.1) is 5.56 Å². The first-order valence-corrected chi connectivity index (χ1v) is 8.10. The van der Waals surface area contributed by atoms with Gasteiger partial charge in [-0.25, -0.2) is 9.97 Å². The maximum atomic E-state index is 12.2. The van der Waals surface area contributed by atoms with Crippen molar-refractivity contribution in [3.8, 4) is 0 Å². The van der Waals surface area contributed by atoms with Crippen LogP contribution in [-0.2, 0) is 13.0 Å². The lowest BCUT2D eigenvalue weighted by Crippen LogP contribution is -2.23. The first-order valence-electron chi connectivity index (χ1n) is 8.10. The van der Waals surface area contributed by atoms with Crippen LogP contribution in [0.4, 0.5) is 11.6 Å². The van der Waals surface area contributed by atoms with Crippen LogP contribution in [0.15, 0.2) is 61.2 Å². The number of carbonyl (C=O) groups is 1. The molecule has 25 heavy (non-hydrogen) atoms. The Morgan fingerprint density at radius 1 is 1.04 bits per heavy atom. The summed E-state index contributed by atoms with van der Waals surface area (Å²) in [6.07, 6.45) is 7.36. The number of aryl methyl sites for hydroxylation is 1. The van der Waals surface area contributed by atoms with Crippen LogP contribution >= 0.6 is 0 Å². The lowest BCUT2D eigenvalue weighted by Gasteiger charge is -2.09. The number of nitrogens with one attached hydrogen (secondary N) is 2. The Labute approximate surface area is 146 Å². The molecular weight excluding hydrogens is 314 g/mol. The molecule has 2 aromatic heterocycles. The zero-order chi connectivity index (χ0) is 17.5. The molecule has 1 amide bonds. The van der Waals surface area contributed by atoms with E-state index in [0.717, 1.165) is 17.7 Å². The number of anilines is 2. The Hall–Kier alpha value is -3.28. The molecule has 6 nitrogen and oxygen atoms in total. The average Bonchev–Trinajstić information content (AvgIpc) is 2.68. The summed E-state index contributed by atoms with van der Waals surface area (Å²) in [4.78, 5) is 24.6. The Morgan fingerprint density at radius 2 is 1.84 bits per heavy atom. The van der Waals surface area contributed by atoms with E-state index in [-0.39, 0.29) is 5.91 Å². The third-order valence-corrected chi connectivity index (χ3v) is 3.73. The molecule has 0 spiro atoms. The number of hydrogen-bond acceptors (Lipinski definition) is 5. The Balaban J connectivity index is 1.62. The van der Waals surface area contributed by atoms with Gasteiger partial charge in [0.2, 0.25) is 5.95 Å². The highest BCUT2D eigenvalue weighted by Crippen LogP contribution is 2.18. The number of nitrogens with zero attached hydrogens (tertiary/aromatic N) is 3. The Morgan fingerprint density at radius 3 is 2.56 bits per heavy atom. The molecule has 0 saturated carbocycles. The quantitative estimate of drug-likeness (QED) is 0.724. The van der Waals surface area contributed by atoms with Crippen LogP contribution in [-0.4, -0.2) is 20.9 Å². The van der Waals surface area contributed by atoms with Gasteiger partial charge in [0.1, 0.15) is 0 Å². The predicted octanol–water partition coefficient (Wildman–Crippen LogP) is 3.11. The van der Waals surface area contributed by atoms with Crippen molar-refractivity contribution >= 4 is 17.5 Å². The van der Waals surface area contributed by atoms with Crippen molar-refractivity contribution in [2.45, 2.75) is 19.9 Å². The minimum Gasteiger partial charge on any atom is -0.348 e. The minimum absolute atomic E-state index is 0.218. The van der Waals surface area contributed by atoms with Crippen molar-refractivity contribution in [1.82, 2.24) is 20.3 Å². The molecule has 6 heteroatoms. The van der Waals surface area contributed by atoms with Gasteiger partial charge in [0.15, 0.2) is 0 Å². The monoisotopic (exact) mass is 333 g/mol. The van der Waals surface area contributed by atoms with Gasteiger partial charge in [-0.2, -0.15) is 0 Å². The summed E-state index contributed by atoms with van der Waals surface area (Å²) in [5, 5.41) is 6.01. The van der Waals surface area contributed by atoms with Crippen LogP contribution in [0.25, 0.3) is 0 Å². The minimum atomic E-state index is -0.218. The van der Waals surface area contributed by atoms with Crippen molar-refractivity contribution in [3.05, 3.63) is 77.9 Å². The van der Waals surface area contributed by atoms with E-state index in [1.807, 2.05) is 30.3 Å². The second-order valence-corrected chi connectivity index (χ2v) is 5.47. The topological polar surface area (TPSA) is 79.8 Å². The molecule has 3 aromatic rings. The summed E-state index contributed by atoms with van der Waals surface area (Å²) in [6, 6.07) is 11.7. The number of aromatic nitrogens is 3. The summed E-state index contributed by atoms with van der Waals surface area (Å²) in [6.45, 7) is 2.51. The van der Waals surface area contributed by atoms with E-state index in [4.69, 9.17) is 0 Å². The molecule has 0 aliphatic rings. The van der Waals surface area contributed by atoms with Crippen LogP contribution in [0.2, 0.25) is 0 Å². The summed E-state index contributed by atoms with van der Waals surface area (Å²) in [5.74, 6) is 0.245. The molecule has 0 radical (unpaired) electrons. The molecular formula is C19H19N5O. The van der Waals surface area contributed by atoms with Gasteiger partial charge in [-0.1, -0.05) is 31.2 Å². The highest BCUT2D eigenvalue weighted by Gasteiger charge is 2.08. The van der Waals surface area contributed by atoms with E-state index in [1.165, 1.54) is 18.0 Å². The molecule has 3 rings (SSSR count). The molecule has 0 atom stereocenters. The van der Waals surface area contributed by atoms with E-state index >= 15 is 0 Å². The fraction of sp³-hybridized carbons (Fsp3) is 0.158. The van der Waals surface area contributed by atoms with Crippen LogP contribution in [0.1, 0.15) is 28.4 Å². The highest BCUT2D eigenvalue weighted by atomic mass is 16.1. The lowest BCUT2D eigenvalue weighted by molar-refractivity contribution is 0.0950. The molecule has 2 N–H and O–H groups in total. The Kier molecular flexibility index (Phi) is 5.31. The molecule has 0 aliphatic carbocycles. The number of carbonyl (C=O) groups excluding carboxylic acids is 1. The number of benzene rings is 1. The second-order valence-electron chi connectivity index (χ2n) is 5.47. The summed E-state index contributed by atoms with van der Waals surface area (Å²) in [7, 11) is 0. The van der Waals surface area contributed by atoms with Gasteiger partial charge in [-0.15, -0.1) is 0 Å². The largest absolute Gasteiger partial charge is 0.348 e. The molecule has 1 aromatic carbocycles. The van der Waals surface area contributed by atoms with E-state index in [1.54, 1.807) is 12.4 Å². The highest BCUT2D eigenvalue weighted by molar-refractivity contribution is 5.93. The van der Waals surface area contributed by atoms with Crippen LogP contribution < -0.4 is 10.6 Å². The lowest BCUT2D eigenvalue weighted by atomic mass is 10.1. The normalized spacial score (nSPS) is 10.3. The van der Waals surface area contributed by atoms with Gasteiger partial charge >= 0.3 is 0 Å². The smallest absolute Gasteiger partial charge is 0.254 e. The molecule has 126 valence electrons. The molecule has 0 aliphatic heterocycles. The van der Waals surface area contributed by atoms with Gasteiger partial charge in [0, 0.05) is 37.0 Å². The molecule has 0 fully saturated rings. The SMILES string of the molecule is CCc1ccccc1Nc1ncc(C(=O)NCc2cccnc2)cn1. The Bertz CT molecular complexity index is 834. The zero-order valence-corrected chi connectivity index (χ0v) is 13.9. The van der Waals surface area contributed by atoms with Crippen molar-refractivity contribution in [2.75, 3.05) is 5.32 Å².